The van der Waals surface area contributed by atoms with E-state index in [2.05, 4.69) is 4.72 Å². The van der Waals surface area contributed by atoms with Crippen LogP contribution in [0.3, 0.4) is 0 Å². The summed E-state index contributed by atoms with van der Waals surface area (Å²) in [5, 5.41) is 12.9. The largest absolute Gasteiger partial charge is 0.472 e. The Kier molecular flexibility index (Phi) is 4.79. The van der Waals surface area contributed by atoms with Gasteiger partial charge in [0.2, 0.25) is 10.0 Å². The number of benzene rings is 1. The van der Waals surface area contributed by atoms with Gasteiger partial charge < -0.3 is 9.52 Å². The van der Waals surface area contributed by atoms with E-state index in [4.69, 9.17) is 4.42 Å². The predicted octanol–water partition coefficient (Wildman–Crippen LogP) is 3.00. The maximum Gasteiger partial charge on any atom is 0.240 e. The van der Waals surface area contributed by atoms with Crippen molar-refractivity contribution < 1.29 is 22.3 Å². The number of sulfonamides is 1. The van der Waals surface area contributed by atoms with Gasteiger partial charge in [-0.1, -0.05) is 6.07 Å². The predicted molar refractivity (Wildman–Crippen MR) is 92.4 cm³/mol. The van der Waals surface area contributed by atoms with Crippen LogP contribution in [0, 0.1) is 12.7 Å². The standard InChI is InChI=1S/C17H16FNO4S2/c1-12-9-14(18)4-5-15(12)25(21,22)19-11-17(20,13-6-7-23-10-13)16-3-2-8-24-16/h2-10,19-20H,11H2,1H3. The van der Waals surface area contributed by atoms with Crippen molar-refractivity contribution in [3.05, 3.63) is 76.1 Å². The maximum atomic E-state index is 13.2. The lowest BCUT2D eigenvalue weighted by molar-refractivity contribution is 0.0891. The summed E-state index contributed by atoms with van der Waals surface area (Å²) in [7, 11) is -3.93. The van der Waals surface area contributed by atoms with Gasteiger partial charge in [-0.3, -0.25) is 0 Å². The Balaban J connectivity index is 1.91. The minimum Gasteiger partial charge on any atom is -0.472 e. The first-order chi connectivity index (χ1) is 11.8. The number of nitrogens with one attached hydrogen (secondary N) is 1. The second kappa shape index (κ2) is 6.72. The molecule has 0 amide bonds. The fourth-order valence-corrected chi connectivity index (χ4v) is 4.67. The van der Waals surface area contributed by atoms with Crippen molar-refractivity contribution >= 4 is 21.4 Å². The SMILES string of the molecule is Cc1cc(F)ccc1S(=O)(=O)NCC(O)(c1ccoc1)c1cccs1. The normalized spacial score (nSPS) is 14.4. The first-order valence-electron chi connectivity index (χ1n) is 7.38. The van der Waals surface area contributed by atoms with Crippen LogP contribution in [-0.2, 0) is 15.6 Å². The van der Waals surface area contributed by atoms with E-state index < -0.39 is 21.4 Å². The fourth-order valence-electron chi connectivity index (χ4n) is 2.54. The summed E-state index contributed by atoms with van der Waals surface area (Å²) in [5.74, 6) is -0.509. The second-order valence-electron chi connectivity index (χ2n) is 5.58. The van der Waals surface area contributed by atoms with Crippen LogP contribution in [0.4, 0.5) is 4.39 Å². The molecule has 1 aromatic carbocycles. The molecule has 8 heteroatoms. The van der Waals surface area contributed by atoms with Gasteiger partial charge in [-0.2, -0.15) is 0 Å². The molecule has 0 saturated heterocycles. The van der Waals surface area contributed by atoms with Crippen LogP contribution in [0.15, 0.2) is 63.6 Å². The molecule has 3 rings (SSSR count). The van der Waals surface area contributed by atoms with E-state index >= 15 is 0 Å². The topological polar surface area (TPSA) is 79.5 Å². The molecule has 2 aromatic heterocycles. The summed E-state index contributed by atoms with van der Waals surface area (Å²) in [6.45, 7) is 1.23. The zero-order chi connectivity index (χ0) is 18.1. The van der Waals surface area contributed by atoms with Gasteiger partial charge in [0.05, 0.1) is 17.4 Å². The third-order valence-corrected chi connectivity index (χ3v) is 6.45. The smallest absolute Gasteiger partial charge is 0.240 e. The summed E-state index contributed by atoms with van der Waals surface area (Å²) < 4.78 is 45.8. The van der Waals surface area contributed by atoms with Gasteiger partial charge in [0.25, 0.3) is 0 Å². The third kappa shape index (κ3) is 3.52. The van der Waals surface area contributed by atoms with Crippen LogP contribution in [0.1, 0.15) is 16.0 Å². The molecule has 132 valence electrons. The average molecular weight is 381 g/mol. The number of aryl methyl sites for hydroxylation is 1. The van der Waals surface area contributed by atoms with Crippen molar-refractivity contribution in [2.45, 2.75) is 17.4 Å². The Morgan fingerprint density at radius 3 is 2.72 bits per heavy atom. The van der Waals surface area contributed by atoms with E-state index in [-0.39, 0.29) is 17.0 Å². The summed E-state index contributed by atoms with van der Waals surface area (Å²) in [4.78, 5) is 0.544. The van der Waals surface area contributed by atoms with Crippen LogP contribution < -0.4 is 4.72 Å². The van der Waals surface area contributed by atoms with Crippen LogP contribution in [0.2, 0.25) is 0 Å². The molecule has 0 saturated carbocycles. The first-order valence-corrected chi connectivity index (χ1v) is 9.74. The lowest BCUT2D eigenvalue weighted by Crippen LogP contribution is -2.41. The molecule has 5 nitrogen and oxygen atoms in total. The molecule has 0 spiro atoms. The highest BCUT2D eigenvalue weighted by atomic mass is 32.2. The third-order valence-electron chi connectivity index (χ3n) is 3.87. The lowest BCUT2D eigenvalue weighted by atomic mass is 9.95. The van der Waals surface area contributed by atoms with Gasteiger partial charge in [-0.05, 0) is 48.2 Å². The number of hydrogen-bond acceptors (Lipinski definition) is 5. The molecular weight excluding hydrogens is 365 g/mol. The molecule has 25 heavy (non-hydrogen) atoms. The van der Waals surface area contributed by atoms with Gasteiger partial charge in [0, 0.05) is 17.0 Å². The Hall–Kier alpha value is -2.00. The van der Waals surface area contributed by atoms with Gasteiger partial charge in [0.1, 0.15) is 11.4 Å². The highest BCUT2D eigenvalue weighted by Gasteiger charge is 2.35. The summed E-state index contributed by atoms with van der Waals surface area (Å²) in [6.07, 6.45) is 2.78. The molecule has 0 aliphatic rings. The molecule has 0 fully saturated rings. The molecule has 2 heterocycles. The Bertz CT molecular complexity index is 916. The maximum absolute atomic E-state index is 13.2. The summed E-state index contributed by atoms with van der Waals surface area (Å²) in [5.41, 5.74) is -0.841. The van der Waals surface area contributed by atoms with Gasteiger partial charge in [-0.25, -0.2) is 17.5 Å². The van der Waals surface area contributed by atoms with Crippen molar-refractivity contribution in [2.75, 3.05) is 6.54 Å². The number of thiophene rings is 1. The van der Waals surface area contributed by atoms with Gasteiger partial charge >= 0.3 is 0 Å². The number of furan rings is 1. The van der Waals surface area contributed by atoms with Gasteiger partial charge in [-0.15, -0.1) is 11.3 Å². The molecular formula is C17H16FNO4S2. The molecule has 2 N–H and O–H groups in total. The van der Waals surface area contributed by atoms with E-state index in [0.29, 0.717) is 10.4 Å². The lowest BCUT2D eigenvalue weighted by Gasteiger charge is -2.26. The van der Waals surface area contributed by atoms with E-state index in [9.17, 15) is 17.9 Å². The van der Waals surface area contributed by atoms with Crippen molar-refractivity contribution in [1.82, 2.24) is 4.72 Å². The molecule has 0 aliphatic heterocycles. The summed E-state index contributed by atoms with van der Waals surface area (Å²) >= 11 is 1.30. The zero-order valence-corrected chi connectivity index (χ0v) is 14.9. The Morgan fingerprint density at radius 2 is 2.12 bits per heavy atom. The molecule has 1 atom stereocenters. The van der Waals surface area contributed by atoms with Crippen LogP contribution >= 0.6 is 11.3 Å². The quantitative estimate of drug-likeness (QED) is 0.688. The zero-order valence-electron chi connectivity index (χ0n) is 13.3. The second-order valence-corrected chi connectivity index (χ2v) is 8.27. The number of aliphatic hydroxyl groups is 1. The highest BCUT2D eigenvalue weighted by Crippen LogP contribution is 2.33. The minimum absolute atomic E-state index is 0.0328. The number of halogens is 1. The van der Waals surface area contributed by atoms with Crippen LogP contribution in [0.5, 0.6) is 0 Å². The first kappa shape index (κ1) is 17.8. The number of rotatable bonds is 6. The van der Waals surface area contributed by atoms with E-state index in [1.165, 1.54) is 36.9 Å². The van der Waals surface area contributed by atoms with Crippen molar-refractivity contribution in [1.29, 1.82) is 0 Å². The number of hydrogen-bond donors (Lipinski definition) is 2. The monoisotopic (exact) mass is 381 g/mol. The average Bonchev–Trinajstić information content (AvgIpc) is 3.26. The Morgan fingerprint density at radius 1 is 1.32 bits per heavy atom. The van der Waals surface area contributed by atoms with Crippen molar-refractivity contribution in [3.8, 4) is 0 Å². The van der Waals surface area contributed by atoms with E-state index in [1.807, 2.05) is 0 Å². The molecule has 3 aromatic rings. The van der Waals surface area contributed by atoms with Crippen LogP contribution in [-0.4, -0.2) is 20.1 Å². The molecule has 0 bridgehead atoms. The molecule has 0 radical (unpaired) electrons. The van der Waals surface area contributed by atoms with Crippen LogP contribution in [0.25, 0.3) is 0 Å². The van der Waals surface area contributed by atoms with E-state index in [1.54, 1.807) is 23.6 Å². The highest BCUT2D eigenvalue weighted by molar-refractivity contribution is 7.89. The van der Waals surface area contributed by atoms with Crippen molar-refractivity contribution in [2.24, 2.45) is 0 Å². The van der Waals surface area contributed by atoms with E-state index in [0.717, 1.165) is 12.1 Å². The van der Waals surface area contributed by atoms with Gasteiger partial charge in [0.15, 0.2) is 0 Å². The summed E-state index contributed by atoms with van der Waals surface area (Å²) in [6, 6.07) is 8.50. The van der Waals surface area contributed by atoms with Crippen molar-refractivity contribution in [3.63, 3.8) is 0 Å². The minimum atomic E-state index is -3.93. The molecule has 0 aliphatic carbocycles. The molecule has 1 unspecified atom stereocenters. The Labute approximate surface area is 148 Å². The fraction of sp³-hybridized carbons (Fsp3) is 0.176.